The second-order valence-corrected chi connectivity index (χ2v) is 4.24. The zero-order valence-corrected chi connectivity index (χ0v) is 11.2. The van der Waals surface area contributed by atoms with Crippen molar-refractivity contribution in [2.75, 3.05) is 6.54 Å². The van der Waals surface area contributed by atoms with Gasteiger partial charge in [-0.3, -0.25) is 10.1 Å². The highest BCUT2D eigenvalue weighted by atomic mass is 16.3. The molecule has 104 valence electrons. The minimum Gasteiger partial charge on any atom is -0.459 e. The van der Waals surface area contributed by atoms with Crippen LogP contribution < -0.4 is 5.32 Å². The second-order valence-electron chi connectivity index (χ2n) is 4.24. The molecule has 0 radical (unpaired) electrons. The van der Waals surface area contributed by atoms with Crippen LogP contribution in [0.25, 0.3) is 0 Å². The van der Waals surface area contributed by atoms with E-state index in [0.29, 0.717) is 13.1 Å². The molecule has 1 aromatic carbocycles. The lowest BCUT2D eigenvalue weighted by molar-refractivity contribution is 0.0924. The van der Waals surface area contributed by atoms with Crippen molar-refractivity contribution in [2.24, 2.45) is 0 Å². The Bertz CT molecular complexity index is 564. The third kappa shape index (κ3) is 3.47. The van der Waals surface area contributed by atoms with Crippen molar-refractivity contribution in [3.8, 4) is 0 Å². The molecule has 0 aliphatic rings. The van der Waals surface area contributed by atoms with Crippen molar-refractivity contribution in [1.82, 2.24) is 10.2 Å². The molecule has 5 heteroatoms. The van der Waals surface area contributed by atoms with E-state index in [1.807, 2.05) is 37.3 Å². The van der Waals surface area contributed by atoms with Gasteiger partial charge in [0.1, 0.15) is 0 Å². The van der Waals surface area contributed by atoms with Crippen molar-refractivity contribution in [2.45, 2.75) is 13.5 Å². The van der Waals surface area contributed by atoms with Crippen LogP contribution in [0.15, 0.2) is 53.1 Å². The van der Waals surface area contributed by atoms with Gasteiger partial charge >= 0.3 is 6.03 Å². The molecule has 1 N–H and O–H groups in total. The first kappa shape index (κ1) is 13.9. The quantitative estimate of drug-likeness (QED) is 0.930. The molecule has 1 heterocycles. The Kier molecular flexibility index (Phi) is 4.55. The van der Waals surface area contributed by atoms with Crippen molar-refractivity contribution < 1.29 is 14.0 Å². The predicted octanol–water partition coefficient (Wildman–Crippen LogP) is 2.65. The smallest absolute Gasteiger partial charge is 0.324 e. The molecule has 0 saturated heterocycles. The molecule has 2 rings (SSSR count). The Morgan fingerprint density at radius 2 is 1.90 bits per heavy atom. The number of furan rings is 1. The molecule has 1 aromatic heterocycles. The highest BCUT2D eigenvalue weighted by Gasteiger charge is 2.17. The molecule has 0 aliphatic carbocycles. The molecule has 0 unspecified atom stereocenters. The summed E-state index contributed by atoms with van der Waals surface area (Å²) in [5, 5.41) is 2.31. The third-order valence-corrected chi connectivity index (χ3v) is 2.85. The fourth-order valence-corrected chi connectivity index (χ4v) is 1.78. The number of carbonyl (C=O) groups is 2. The van der Waals surface area contributed by atoms with Gasteiger partial charge in [0, 0.05) is 13.1 Å². The van der Waals surface area contributed by atoms with Crippen LogP contribution in [0, 0.1) is 0 Å². The first-order valence-corrected chi connectivity index (χ1v) is 6.38. The number of amides is 3. The number of hydrogen-bond acceptors (Lipinski definition) is 3. The monoisotopic (exact) mass is 272 g/mol. The normalized spacial score (nSPS) is 10.1. The maximum absolute atomic E-state index is 12.0. The topological polar surface area (TPSA) is 62.6 Å². The fourth-order valence-electron chi connectivity index (χ4n) is 1.78. The number of urea groups is 1. The summed E-state index contributed by atoms with van der Waals surface area (Å²) in [5.41, 5.74) is 1.01. The number of hydrogen-bond donors (Lipinski definition) is 1. The fraction of sp³-hybridized carbons (Fsp3) is 0.200. The SMILES string of the molecule is CCN(Cc1ccccc1)C(=O)NC(=O)c1ccco1. The Morgan fingerprint density at radius 1 is 1.15 bits per heavy atom. The van der Waals surface area contributed by atoms with Crippen LogP contribution in [0.5, 0.6) is 0 Å². The molecule has 20 heavy (non-hydrogen) atoms. The van der Waals surface area contributed by atoms with Gasteiger partial charge in [-0.05, 0) is 24.6 Å². The number of rotatable bonds is 4. The van der Waals surface area contributed by atoms with Crippen LogP contribution in [-0.2, 0) is 6.54 Å². The Labute approximate surface area is 117 Å². The number of nitrogens with zero attached hydrogens (tertiary/aromatic N) is 1. The predicted molar refractivity (Wildman–Crippen MR) is 74.1 cm³/mol. The molecule has 0 atom stereocenters. The summed E-state index contributed by atoms with van der Waals surface area (Å²) >= 11 is 0. The molecular weight excluding hydrogens is 256 g/mol. The first-order valence-electron chi connectivity index (χ1n) is 6.38. The molecule has 2 aromatic rings. The van der Waals surface area contributed by atoms with E-state index in [1.165, 1.54) is 12.3 Å². The van der Waals surface area contributed by atoms with Gasteiger partial charge in [-0.1, -0.05) is 30.3 Å². The van der Waals surface area contributed by atoms with Crippen LogP contribution in [0.1, 0.15) is 23.0 Å². The number of carbonyl (C=O) groups excluding carboxylic acids is 2. The summed E-state index contributed by atoms with van der Waals surface area (Å²) < 4.78 is 4.95. The summed E-state index contributed by atoms with van der Waals surface area (Å²) in [6.45, 7) is 2.82. The highest BCUT2D eigenvalue weighted by molar-refractivity contribution is 6.02. The maximum atomic E-state index is 12.0. The zero-order valence-electron chi connectivity index (χ0n) is 11.2. The largest absolute Gasteiger partial charge is 0.459 e. The van der Waals surface area contributed by atoms with Crippen LogP contribution in [-0.4, -0.2) is 23.4 Å². The van der Waals surface area contributed by atoms with Crippen molar-refractivity contribution in [3.63, 3.8) is 0 Å². The van der Waals surface area contributed by atoms with Gasteiger partial charge in [-0.15, -0.1) is 0 Å². The van der Waals surface area contributed by atoms with Crippen molar-refractivity contribution >= 4 is 11.9 Å². The lowest BCUT2D eigenvalue weighted by atomic mass is 10.2. The highest BCUT2D eigenvalue weighted by Crippen LogP contribution is 2.05. The van der Waals surface area contributed by atoms with Crippen LogP contribution in [0.4, 0.5) is 4.79 Å². The zero-order chi connectivity index (χ0) is 14.4. The summed E-state index contributed by atoms with van der Waals surface area (Å²) in [6, 6.07) is 12.3. The summed E-state index contributed by atoms with van der Waals surface area (Å²) in [7, 11) is 0. The first-order chi connectivity index (χ1) is 9.70. The summed E-state index contributed by atoms with van der Waals surface area (Å²) in [4.78, 5) is 25.3. The van der Waals surface area contributed by atoms with Crippen molar-refractivity contribution in [3.05, 3.63) is 60.1 Å². The van der Waals surface area contributed by atoms with Gasteiger partial charge in [0.15, 0.2) is 5.76 Å². The molecule has 0 bridgehead atoms. The van der Waals surface area contributed by atoms with E-state index in [4.69, 9.17) is 4.42 Å². The Hall–Kier alpha value is -2.56. The van der Waals surface area contributed by atoms with Crippen LogP contribution >= 0.6 is 0 Å². The lowest BCUT2D eigenvalue weighted by Gasteiger charge is -2.20. The second kappa shape index (κ2) is 6.56. The molecule has 0 spiro atoms. The lowest BCUT2D eigenvalue weighted by Crippen LogP contribution is -2.42. The van der Waals surface area contributed by atoms with Crippen LogP contribution in [0.3, 0.4) is 0 Å². The molecule has 0 saturated carbocycles. The third-order valence-electron chi connectivity index (χ3n) is 2.85. The van der Waals surface area contributed by atoms with Gasteiger partial charge < -0.3 is 9.32 Å². The van der Waals surface area contributed by atoms with E-state index in [9.17, 15) is 9.59 Å². The van der Waals surface area contributed by atoms with E-state index < -0.39 is 11.9 Å². The molecule has 0 aliphatic heterocycles. The molecule has 5 nitrogen and oxygen atoms in total. The average Bonchev–Trinajstić information content (AvgIpc) is 3.00. The Balaban J connectivity index is 1.97. The number of nitrogens with one attached hydrogen (secondary N) is 1. The van der Waals surface area contributed by atoms with E-state index >= 15 is 0 Å². The van der Waals surface area contributed by atoms with Crippen molar-refractivity contribution in [1.29, 1.82) is 0 Å². The van der Waals surface area contributed by atoms with E-state index in [-0.39, 0.29) is 5.76 Å². The molecule has 3 amide bonds. The summed E-state index contributed by atoms with van der Waals surface area (Å²) in [5.74, 6) is -0.416. The average molecular weight is 272 g/mol. The number of benzene rings is 1. The van der Waals surface area contributed by atoms with E-state index in [1.54, 1.807) is 11.0 Å². The van der Waals surface area contributed by atoms with Crippen LogP contribution in [0.2, 0.25) is 0 Å². The van der Waals surface area contributed by atoms with E-state index in [2.05, 4.69) is 5.32 Å². The van der Waals surface area contributed by atoms with E-state index in [0.717, 1.165) is 5.56 Å². The van der Waals surface area contributed by atoms with Gasteiger partial charge in [-0.25, -0.2) is 4.79 Å². The summed E-state index contributed by atoms with van der Waals surface area (Å²) in [6.07, 6.45) is 1.39. The van der Waals surface area contributed by atoms with Gasteiger partial charge in [0.2, 0.25) is 0 Å². The minimum atomic E-state index is -0.536. The minimum absolute atomic E-state index is 0.120. The van der Waals surface area contributed by atoms with Gasteiger partial charge in [0.05, 0.1) is 6.26 Å². The van der Waals surface area contributed by atoms with Gasteiger partial charge in [-0.2, -0.15) is 0 Å². The Morgan fingerprint density at radius 3 is 2.50 bits per heavy atom. The molecule has 0 fully saturated rings. The molecular formula is C15H16N2O3. The van der Waals surface area contributed by atoms with Gasteiger partial charge in [0.25, 0.3) is 5.91 Å². The maximum Gasteiger partial charge on any atom is 0.324 e. The standard InChI is InChI=1S/C15H16N2O3/c1-2-17(11-12-7-4-3-5-8-12)15(19)16-14(18)13-9-6-10-20-13/h3-10H,2,11H2,1H3,(H,16,18,19). The number of imide groups is 1.